The van der Waals surface area contributed by atoms with Crippen LogP contribution in [0.5, 0.6) is 5.75 Å². The van der Waals surface area contributed by atoms with Gasteiger partial charge in [0.25, 0.3) is 5.95 Å². The van der Waals surface area contributed by atoms with E-state index in [1.165, 1.54) is 13.2 Å². The van der Waals surface area contributed by atoms with E-state index in [9.17, 15) is 18.3 Å². The van der Waals surface area contributed by atoms with Crippen LogP contribution in [0.4, 0.5) is 0 Å². The number of fused-ring (bicyclic) bond motifs is 1. The van der Waals surface area contributed by atoms with Gasteiger partial charge in [-0.05, 0) is 68.5 Å². The van der Waals surface area contributed by atoms with E-state index in [0.29, 0.717) is 29.8 Å². The standard InChI is InChI=1S/C28H36N4O8S/c1-5-39-27(35)17-23(21-9-10-24-28(18(21)2)29-30-31(24)13-6-7-15-33)20-8-11-25(38-4)22(16-20)19(3)32-14-12-26(34)40-41(32,36)37/h8-12,16,19,23,33-34H,5-7,13-15,17H2,1-4H3/t19-,23?/m0/s1. The normalized spacial score (nSPS) is 16.6. The Kier molecular flexibility index (Phi) is 9.51. The summed E-state index contributed by atoms with van der Waals surface area (Å²) >= 11 is 0. The number of nitrogens with zero attached hydrogens (tertiary/aromatic N) is 4. The number of carbonyl (C=O) groups is 1. The van der Waals surface area contributed by atoms with Crippen molar-refractivity contribution in [3.8, 4) is 5.75 Å². The maximum absolute atomic E-state index is 12.8. The van der Waals surface area contributed by atoms with E-state index >= 15 is 0 Å². The smallest absolute Gasteiger partial charge is 0.388 e. The largest absolute Gasteiger partial charge is 0.496 e. The van der Waals surface area contributed by atoms with Crippen molar-refractivity contribution in [1.82, 2.24) is 19.3 Å². The quantitative estimate of drug-likeness (QED) is 0.237. The van der Waals surface area contributed by atoms with Gasteiger partial charge in [0.05, 0.1) is 31.7 Å². The molecule has 0 spiro atoms. The summed E-state index contributed by atoms with van der Waals surface area (Å²) in [5.41, 5.74) is 4.61. The predicted octanol–water partition coefficient (Wildman–Crippen LogP) is 3.64. The van der Waals surface area contributed by atoms with Crippen molar-refractivity contribution in [2.24, 2.45) is 0 Å². The lowest BCUT2D eigenvalue weighted by molar-refractivity contribution is -0.143. The van der Waals surface area contributed by atoms with Crippen LogP contribution in [0.15, 0.2) is 42.4 Å². The van der Waals surface area contributed by atoms with Crippen LogP contribution in [-0.4, -0.2) is 70.8 Å². The molecule has 4 rings (SSSR count). The summed E-state index contributed by atoms with van der Waals surface area (Å²) in [6.07, 6.45) is 2.75. The lowest BCUT2D eigenvalue weighted by Gasteiger charge is -2.30. The zero-order chi connectivity index (χ0) is 29.7. The highest BCUT2D eigenvalue weighted by Gasteiger charge is 2.35. The molecule has 0 saturated carbocycles. The van der Waals surface area contributed by atoms with E-state index in [1.807, 2.05) is 35.9 Å². The fourth-order valence-electron chi connectivity index (χ4n) is 5.14. The second kappa shape index (κ2) is 12.9. The highest BCUT2D eigenvalue weighted by Crippen LogP contribution is 2.39. The van der Waals surface area contributed by atoms with Crippen LogP contribution < -0.4 is 4.74 Å². The van der Waals surface area contributed by atoms with Crippen LogP contribution in [0.1, 0.15) is 67.3 Å². The number of carbonyl (C=O) groups excluding carboxylic acids is 1. The maximum atomic E-state index is 12.8. The molecule has 222 valence electrons. The van der Waals surface area contributed by atoms with Gasteiger partial charge >= 0.3 is 16.3 Å². The lowest BCUT2D eigenvalue weighted by atomic mass is 9.84. The number of esters is 1. The van der Waals surface area contributed by atoms with Crippen molar-refractivity contribution in [2.75, 3.05) is 26.9 Å². The van der Waals surface area contributed by atoms with Crippen molar-refractivity contribution in [2.45, 2.75) is 58.5 Å². The highest BCUT2D eigenvalue weighted by molar-refractivity contribution is 7.84. The molecule has 0 radical (unpaired) electrons. The molecule has 0 aliphatic carbocycles. The molecule has 2 N–H and O–H groups in total. The Bertz CT molecular complexity index is 1540. The van der Waals surface area contributed by atoms with E-state index in [0.717, 1.165) is 32.9 Å². The summed E-state index contributed by atoms with van der Waals surface area (Å²) in [4.78, 5) is 12.8. The van der Waals surface area contributed by atoms with Crippen LogP contribution >= 0.6 is 0 Å². The fourth-order valence-corrected chi connectivity index (χ4v) is 6.28. The number of ether oxygens (including phenoxy) is 2. The predicted molar refractivity (Wildman–Crippen MR) is 151 cm³/mol. The average Bonchev–Trinajstić information content (AvgIpc) is 3.35. The Morgan fingerprint density at radius 3 is 2.66 bits per heavy atom. The molecule has 1 aliphatic heterocycles. The van der Waals surface area contributed by atoms with Crippen LogP contribution in [0.2, 0.25) is 0 Å². The van der Waals surface area contributed by atoms with Gasteiger partial charge in [-0.15, -0.1) is 5.10 Å². The van der Waals surface area contributed by atoms with Gasteiger partial charge in [-0.2, -0.15) is 12.7 Å². The Morgan fingerprint density at radius 1 is 1.20 bits per heavy atom. The van der Waals surface area contributed by atoms with Crippen molar-refractivity contribution < 1.29 is 37.1 Å². The minimum Gasteiger partial charge on any atom is -0.496 e. The number of hydrogen-bond acceptors (Lipinski definition) is 10. The Labute approximate surface area is 239 Å². The van der Waals surface area contributed by atoms with Gasteiger partial charge in [0, 0.05) is 37.3 Å². The van der Waals surface area contributed by atoms with Crippen molar-refractivity contribution in [3.05, 3.63) is 64.6 Å². The number of aryl methyl sites for hydroxylation is 2. The van der Waals surface area contributed by atoms with Crippen molar-refractivity contribution in [3.63, 3.8) is 0 Å². The number of hydrogen-bond donors (Lipinski definition) is 2. The minimum absolute atomic E-state index is 0.0483. The number of benzene rings is 2. The number of aliphatic hydroxyl groups excluding tert-OH is 2. The second-order valence-corrected chi connectivity index (χ2v) is 11.3. The summed E-state index contributed by atoms with van der Waals surface area (Å²) in [6.45, 7) is 6.28. The summed E-state index contributed by atoms with van der Waals surface area (Å²) in [5, 5.41) is 27.4. The van der Waals surface area contributed by atoms with Crippen LogP contribution in [0.3, 0.4) is 0 Å². The van der Waals surface area contributed by atoms with Crippen molar-refractivity contribution >= 4 is 27.3 Å². The maximum Gasteiger partial charge on any atom is 0.388 e. The third-order valence-electron chi connectivity index (χ3n) is 7.27. The van der Waals surface area contributed by atoms with Gasteiger partial charge in [-0.1, -0.05) is 17.3 Å². The first-order valence-corrected chi connectivity index (χ1v) is 14.8. The number of unbranched alkanes of at least 4 members (excludes halogenated alkanes) is 1. The lowest BCUT2D eigenvalue weighted by Crippen LogP contribution is -2.38. The van der Waals surface area contributed by atoms with Crippen LogP contribution in [-0.2, 0) is 30.6 Å². The van der Waals surface area contributed by atoms with Gasteiger partial charge in [0.2, 0.25) is 0 Å². The third kappa shape index (κ3) is 6.47. The molecule has 2 atom stereocenters. The molecule has 1 aromatic heterocycles. The Morgan fingerprint density at radius 2 is 1.98 bits per heavy atom. The second-order valence-electron chi connectivity index (χ2n) is 9.78. The van der Waals surface area contributed by atoms with Crippen LogP contribution in [0.25, 0.3) is 11.0 Å². The molecule has 13 heteroatoms. The molecule has 12 nitrogen and oxygen atoms in total. The third-order valence-corrected chi connectivity index (χ3v) is 8.69. The molecular formula is C28H36N4O8S. The SMILES string of the molecule is CCOC(=O)CC(c1ccc(OC)c([C@H](C)N2CC=C(O)OS2(=O)=O)c1)c1ccc2c(nnn2CCCCO)c1C. The summed E-state index contributed by atoms with van der Waals surface area (Å²) < 4.78 is 43.9. The summed E-state index contributed by atoms with van der Waals surface area (Å²) in [7, 11) is -2.74. The van der Waals surface area contributed by atoms with Gasteiger partial charge in [-0.25, -0.2) is 4.68 Å². The molecule has 0 fully saturated rings. The summed E-state index contributed by atoms with van der Waals surface area (Å²) in [6, 6.07) is 8.59. The molecule has 41 heavy (non-hydrogen) atoms. The molecule has 1 aliphatic rings. The first-order valence-electron chi connectivity index (χ1n) is 13.5. The molecule has 0 bridgehead atoms. The van der Waals surface area contributed by atoms with E-state index in [2.05, 4.69) is 10.3 Å². The topological polar surface area (TPSA) is 153 Å². The fraction of sp³-hybridized carbons (Fsp3) is 0.464. The van der Waals surface area contributed by atoms with E-state index in [-0.39, 0.29) is 32.1 Å². The molecular weight excluding hydrogens is 552 g/mol. The van der Waals surface area contributed by atoms with Gasteiger partial charge < -0.3 is 23.9 Å². The minimum atomic E-state index is -4.24. The van der Waals surface area contributed by atoms with Crippen molar-refractivity contribution in [1.29, 1.82) is 0 Å². The Hall–Kier alpha value is -3.68. The summed E-state index contributed by atoms with van der Waals surface area (Å²) in [5.74, 6) is -1.02. The molecule has 2 aromatic carbocycles. The van der Waals surface area contributed by atoms with E-state index < -0.39 is 28.2 Å². The highest BCUT2D eigenvalue weighted by atomic mass is 32.2. The monoisotopic (exact) mass is 588 g/mol. The van der Waals surface area contributed by atoms with E-state index in [4.69, 9.17) is 18.8 Å². The molecule has 0 saturated heterocycles. The molecule has 3 aromatic rings. The van der Waals surface area contributed by atoms with Crippen LogP contribution in [0, 0.1) is 6.92 Å². The van der Waals surface area contributed by atoms with Gasteiger partial charge in [0.1, 0.15) is 11.3 Å². The molecule has 2 heterocycles. The zero-order valence-electron chi connectivity index (χ0n) is 23.6. The van der Waals surface area contributed by atoms with E-state index in [1.54, 1.807) is 19.9 Å². The number of aromatic nitrogens is 3. The van der Waals surface area contributed by atoms with Gasteiger partial charge in [-0.3, -0.25) is 4.79 Å². The van der Waals surface area contributed by atoms with Gasteiger partial charge in [0.15, 0.2) is 0 Å². The molecule has 1 unspecified atom stereocenters. The average molecular weight is 589 g/mol. The molecule has 0 amide bonds. The number of rotatable bonds is 12. The Balaban J connectivity index is 1.78. The first-order chi connectivity index (χ1) is 19.6. The first kappa shape index (κ1) is 30.3. The number of methoxy groups -OCH3 is 1. The zero-order valence-corrected chi connectivity index (χ0v) is 24.4. The number of aliphatic hydroxyl groups is 2.